The third kappa shape index (κ3) is 1.97. The zero-order valence-corrected chi connectivity index (χ0v) is 12.5. The smallest absolute Gasteiger partial charge is 0.113 e. The van der Waals surface area contributed by atoms with Crippen LogP contribution in [0, 0.1) is 0 Å². The lowest BCUT2D eigenvalue weighted by Crippen LogP contribution is -2.00. The number of rotatable bonds is 2. The van der Waals surface area contributed by atoms with Crippen LogP contribution in [0.3, 0.4) is 0 Å². The predicted molar refractivity (Wildman–Crippen MR) is 79.2 cm³/mol. The van der Waals surface area contributed by atoms with Crippen molar-refractivity contribution in [1.29, 1.82) is 0 Å². The van der Waals surface area contributed by atoms with Crippen LogP contribution in [0.5, 0.6) is 0 Å². The number of hydrogen-bond acceptors (Lipinski definition) is 2. The number of halogens is 2. The molecule has 0 saturated heterocycles. The van der Waals surface area contributed by atoms with Crippen LogP contribution in [0.1, 0.15) is 5.56 Å². The minimum absolute atomic E-state index is 0.782. The van der Waals surface area contributed by atoms with Gasteiger partial charge in [0.25, 0.3) is 0 Å². The molecule has 5 heteroatoms. The van der Waals surface area contributed by atoms with Gasteiger partial charge in [0.2, 0.25) is 0 Å². The van der Waals surface area contributed by atoms with Crippen LogP contribution in [-0.4, -0.2) is 15.0 Å². The summed E-state index contributed by atoms with van der Waals surface area (Å²) in [6.07, 6.45) is 0. The molecule has 0 N–H and O–H groups in total. The van der Waals surface area contributed by atoms with Crippen LogP contribution in [0.4, 0.5) is 0 Å². The molecule has 90 valence electrons. The van der Waals surface area contributed by atoms with E-state index in [1.54, 1.807) is 0 Å². The molecule has 0 unspecified atom stereocenters. The summed E-state index contributed by atoms with van der Waals surface area (Å²) in [6, 6.07) is 14.1. The zero-order valence-electron chi connectivity index (χ0n) is 9.35. The standard InChI is InChI=1S/C13H9Br2N3/c14-8-9-5-6-10(15)7-13(9)18-12-4-2-1-3-11(12)16-17-18/h1-7H,8H2. The molecular weight excluding hydrogens is 358 g/mol. The highest BCUT2D eigenvalue weighted by Crippen LogP contribution is 2.24. The summed E-state index contributed by atoms with van der Waals surface area (Å²) in [5.74, 6) is 0. The highest BCUT2D eigenvalue weighted by atomic mass is 79.9. The SMILES string of the molecule is BrCc1ccc(Br)cc1-n1nnc2ccccc21. The summed E-state index contributed by atoms with van der Waals surface area (Å²) in [6.45, 7) is 0. The van der Waals surface area contributed by atoms with Gasteiger partial charge in [-0.15, -0.1) is 5.10 Å². The lowest BCUT2D eigenvalue weighted by atomic mass is 10.2. The molecule has 0 atom stereocenters. The topological polar surface area (TPSA) is 30.7 Å². The van der Waals surface area contributed by atoms with Gasteiger partial charge in [0.15, 0.2) is 0 Å². The Morgan fingerprint density at radius 3 is 2.78 bits per heavy atom. The molecule has 0 radical (unpaired) electrons. The van der Waals surface area contributed by atoms with Crippen LogP contribution in [0.15, 0.2) is 46.9 Å². The number of nitrogens with zero attached hydrogens (tertiary/aromatic N) is 3. The van der Waals surface area contributed by atoms with Crippen molar-refractivity contribution in [3.63, 3.8) is 0 Å². The van der Waals surface area contributed by atoms with Crippen LogP contribution in [-0.2, 0) is 5.33 Å². The Labute approximate surface area is 121 Å². The van der Waals surface area contributed by atoms with Gasteiger partial charge in [-0.05, 0) is 29.8 Å². The van der Waals surface area contributed by atoms with Gasteiger partial charge in [-0.3, -0.25) is 0 Å². The van der Waals surface area contributed by atoms with Gasteiger partial charge in [-0.1, -0.05) is 55.3 Å². The third-order valence-corrected chi connectivity index (χ3v) is 3.87. The van der Waals surface area contributed by atoms with E-state index in [2.05, 4.69) is 54.3 Å². The highest BCUT2D eigenvalue weighted by molar-refractivity contribution is 9.10. The third-order valence-electron chi connectivity index (χ3n) is 2.77. The maximum Gasteiger partial charge on any atom is 0.113 e. The molecule has 3 rings (SSSR count). The first-order chi connectivity index (χ1) is 8.79. The second kappa shape index (κ2) is 4.82. The predicted octanol–water partition coefficient (Wildman–Crippen LogP) is 4.08. The molecule has 18 heavy (non-hydrogen) atoms. The van der Waals surface area contributed by atoms with E-state index in [-0.39, 0.29) is 0 Å². The van der Waals surface area contributed by atoms with E-state index in [1.807, 2.05) is 35.0 Å². The number of para-hydroxylation sites is 1. The minimum Gasteiger partial charge on any atom is -0.212 e. The largest absolute Gasteiger partial charge is 0.212 e. The lowest BCUT2D eigenvalue weighted by Gasteiger charge is -2.08. The Hall–Kier alpha value is -1.20. The first-order valence-corrected chi connectivity index (χ1v) is 7.36. The van der Waals surface area contributed by atoms with Gasteiger partial charge in [-0.25, -0.2) is 4.68 Å². The van der Waals surface area contributed by atoms with Crippen molar-refractivity contribution < 1.29 is 0 Å². The number of alkyl halides is 1. The molecule has 0 aliphatic carbocycles. The first-order valence-electron chi connectivity index (χ1n) is 5.45. The number of benzene rings is 2. The van der Waals surface area contributed by atoms with Crippen molar-refractivity contribution in [2.45, 2.75) is 5.33 Å². The Kier molecular flexibility index (Phi) is 3.18. The Morgan fingerprint density at radius 1 is 1.11 bits per heavy atom. The van der Waals surface area contributed by atoms with Crippen molar-refractivity contribution in [3.8, 4) is 5.69 Å². The molecule has 3 aromatic rings. The molecule has 0 amide bonds. The summed E-state index contributed by atoms with van der Waals surface area (Å²) in [5.41, 5.74) is 4.12. The second-order valence-corrected chi connectivity index (χ2v) is 5.37. The number of aromatic nitrogens is 3. The fourth-order valence-corrected chi connectivity index (χ4v) is 2.72. The normalized spacial score (nSPS) is 11.0. The van der Waals surface area contributed by atoms with Crippen molar-refractivity contribution in [2.75, 3.05) is 0 Å². The van der Waals surface area contributed by atoms with Gasteiger partial charge in [0.05, 0.1) is 11.2 Å². The Morgan fingerprint density at radius 2 is 1.94 bits per heavy atom. The molecule has 0 aliphatic heterocycles. The summed E-state index contributed by atoms with van der Waals surface area (Å²) >= 11 is 7.00. The van der Waals surface area contributed by atoms with Gasteiger partial charge >= 0.3 is 0 Å². The molecule has 0 saturated carbocycles. The van der Waals surface area contributed by atoms with Gasteiger partial charge in [0, 0.05) is 9.80 Å². The molecule has 0 aliphatic rings. The molecule has 0 bridgehead atoms. The average Bonchev–Trinajstić information content (AvgIpc) is 2.82. The van der Waals surface area contributed by atoms with Gasteiger partial charge < -0.3 is 0 Å². The van der Waals surface area contributed by atoms with Gasteiger partial charge in [-0.2, -0.15) is 0 Å². The summed E-state index contributed by atoms with van der Waals surface area (Å²) in [4.78, 5) is 0. The van der Waals surface area contributed by atoms with E-state index in [0.29, 0.717) is 0 Å². The van der Waals surface area contributed by atoms with Crippen LogP contribution in [0.2, 0.25) is 0 Å². The molecular formula is C13H9Br2N3. The van der Waals surface area contributed by atoms with E-state index in [9.17, 15) is 0 Å². The molecule has 0 spiro atoms. The van der Waals surface area contributed by atoms with Crippen LogP contribution in [0.25, 0.3) is 16.7 Å². The van der Waals surface area contributed by atoms with Crippen LogP contribution < -0.4 is 0 Å². The minimum atomic E-state index is 0.782. The Bertz CT molecular complexity index is 706. The summed E-state index contributed by atoms with van der Waals surface area (Å²) in [5, 5.41) is 9.20. The molecule has 1 heterocycles. The fraction of sp³-hybridized carbons (Fsp3) is 0.0769. The number of fused-ring (bicyclic) bond motifs is 1. The second-order valence-electron chi connectivity index (χ2n) is 3.90. The molecule has 0 fully saturated rings. The van der Waals surface area contributed by atoms with Crippen LogP contribution >= 0.6 is 31.9 Å². The summed E-state index contributed by atoms with van der Waals surface area (Å²) in [7, 11) is 0. The number of hydrogen-bond donors (Lipinski definition) is 0. The van der Waals surface area contributed by atoms with Crippen molar-refractivity contribution in [2.24, 2.45) is 0 Å². The highest BCUT2D eigenvalue weighted by Gasteiger charge is 2.10. The fourth-order valence-electron chi connectivity index (χ4n) is 1.89. The van der Waals surface area contributed by atoms with E-state index in [4.69, 9.17) is 0 Å². The molecule has 2 aromatic carbocycles. The molecule has 3 nitrogen and oxygen atoms in total. The zero-order chi connectivity index (χ0) is 12.5. The van der Waals surface area contributed by atoms with E-state index in [1.165, 1.54) is 5.56 Å². The summed E-state index contributed by atoms with van der Waals surface area (Å²) < 4.78 is 2.90. The van der Waals surface area contributed by atoms with E-state index >= 15 is 0 Å². The van der Waals surface area contributed by atoms with E-state index in [0.717, 1.165) is 26.5 Å². The quantitative estimate of drug-likeness (QED) is 0.640. The Balaban J connectivity index is 2.29. The van der Waals surface area contributed by atoms with E-state index < -0.39 is 0 Å². The maximum absolute atomic E-state index is 4.24. The van der Waals surface area contributed by atoms with Crippen molar-refractivity contribution >= 4 is 42.9 Å². The van der Waals surface area contributed by atoms with Gasteiger partial charge in [0.1, 0.15) is 5.52 Å². The molecule has 1 aromatic heterocycles. The maximum atomic E-state index is 4.24. The first kappa shape index (κ1) is 11.9. The monoisotopic (exact) mass is 365 g/mol. The lowest BCUT2D eigenvalue weighted by molar-refractivity contribution is 0.818. The average molecular weight is 367 g/mol. The van der Waals surface area contributed by atoms with Crippen molar-refractivity contribution in [1.82, 2.24) is 15.0 Å². The van der Waals surface area contributed by atoms with Crippen molar-refractivity contribution in [3.05, 3.63) is 52.5 Å².